The lowest BCUT2D eigenvalue weighted by Gasteiger charge is -2.29. The number of amides is 2. The molecule has 0 saturated heterocycles. The number of hydrogen-bond acceptors (Lipinski definition) is 4. The van der Waals surface area contributed by atoms with Crippen LogP contribution in [-0.2, 0) is 19.1 Å². The minimum atomic E-state index is -0.713. The van der Waals surface area contributed by atoms with Gasteiger partial charge in [0.05, 0.1) is 7.11 Å². The molecule has 0 bridgehead atoms. The summed E-state index contributed by atoms with van der Waals surface area (Å²) < 4.78 is 4.78. The number of carbonyl (C=O) groups excluding carboxylic acids is 3. The standard InChI is InChI=1S/C20H36N2O4/c1-12(2)11-16(19(24)22-17(13(3)4)20(25)26-6)21-18(23)15-9-7-14(5)8-10-15/h12-17H,7-11H2,1-6H3,(H,21,23)(H,22,24)/t14?,15?,16-,17-/m0/s1. The van der Waals surface area contributed by atoms with Crippen molar-refractivity contribution < 1.29 is 19.1 Å². The van der Waals surface area contributed by atoms with E-state index in [9.17, 15) is 14.4 Å². The second-order valence-corrected chi connectivity index (χ2v) is 8.40. The zero-order chi connectivity index (χ0) is 19.9. The van der Waals surface area contributed by atoms with Crippen molar-refractivity contribution >= 4 is 17.8 Å². The van der Waals surface area contributed by atoms with E-state index in [1.54, 1.807) is 0 Å². The van der Waals surface area contributed by atoms with Crippen molar-refractivity contribution in [1.29, 1.82) is 0 Å². The molecule has 0 heterocycles. The lowest BCUT2D eigenvalue weighted by molar-refractivity contribution is -0.146. The van der Waals surface area contributed by atoms with Crippen LogP contribution in [0.2, 0.25) is 0 Å². The predicted octanol–water partition coefficient (Wildman–Crippen LogP) is 2.66. The maximum atomic E-state index is 12.8. The Morgan fingerprint density at radius 1 is 1.00 bits per heavy atom. The summed E-state index contributed by atoms with van der Waals surface area (Å²) in [7, 11) is 1.31. The summed E-state index contributed by atoms with van der Waals surface area (Å²) in [5.41, 5.74) is 0. The quantitative estimate of drug-likeness (QED) is 0.645. The molecule has 0 radical (unpaired) electrons. The Balaban J connectivity index is 2.76. The van der Waals surface area contributed by atoms with Gasteiger partial charge < -0.3 is 15.4 Å². The normalized spacial score (nSPS) is 22.6. The molecular weight excluding hydrogens is 332 g/mol. The molecule has 0 aromatic carbocycles. The summed E-state index contributed by atoms with van der Waals surface area (Å²) in [5, 5.41) is 5.69. The van der Waals surface area contributed by atoms with Crippen LogP contribution in [0, 0.1) is 23.7 Å². The van der Waals surface area contributed by atoms with Gasteiger partial charge in [-0.2, -0.15) is 0 Å². The maximum absolute atomic E-state index is 12.8. The van der Waals surface area contributed by atoms with Crippen LogP contribution >= 0.6 is 0 Å². The zero-order valence-corrected chi connectivity index (χ0v) is 17.1. The molecule has 0 aliphatic heterocycles. The van der Waals surface area contributed by atoms with Gasteiger partial charge in [-0.1, -0.05) is 34.6 Å². The van der Waals surface area contributed by atoms with Crippen molar-refractivity contribution in [3.63, 3.8) is 0 Å². The van der Waals surface area contributed by atoms with Crippen LogP contribution in [-0.4, -0.2) is 37.0 Å². The van der Waals surface area contributed by atoms with Crippen LogP contribution in [0.25, 0.3) is 0 Å². The summed E-state index contributed by atoms with van der Waals surface area (Å²) in [5.74, 6) is -0.0352. The molecule has 1 aliphatic carbocycles. The highest BCUT2D eigenvalue weighted by atomic mass is 16.5. The van der Waals surface area contributed by atoms with E-state index in [0.717, 1.165) is 25.7 Å². The third kappa shape index (κ3) is 6.96. The molecule has 1 rings (SSSR count). The molecule has 0 unspecified atom stereocenters. The van der Waals surface area contributed by atoms with Gasteiger partial charge in [0.15, 0.2) is 0 Å². The minimum Gasteiger partial charge on any atom is -0.467 e. The largest absolute Gasteiger partial charge is 0.467 e. The van der Waals surface area contributed by atoms with Gasteiger partial charge in [0.25, 0.3) is 0 Å². The van der Waals surface area contributed by atoms with Crippen LogP contribution < -0.4 is 10.6 Å². The van der Waals surface area contributed by atoms with E-state index < -0.39 is 18.1 Å². The lowest BCUT2D eigenvalue weighted by Crippen LogP contribution is -2.54. The minimum absolute atomic E-state index is 0.0184. The highest BCUT2D eigenvalue weighted by Crippen LogP contribution is 2.28. The van der Waals surface area contributed by atoms with Crippen molar-refractivity contribution in [2.24, 2.45) is 23.7 Å². The van der Waals surface area contributed by atoms with Gasteiger partial charge in [-0.3, -0.25) is 9.59 Å². The summed E-state index contributed by atoms with van der Waals surface area (Å²) in [4.78, 5) is 37.3. The van der Waals surface area contributed by atoms with Crippen LogP contribution in [0.1, 0.15) is 66.7 Å². The average molecular weight is 369 g/mol. The van der Waals surface area contributed by atoms with Crippen LogP contribution in [0.3, 0.4) is 0 Å². The Morgan fingerprint density at radius 3 is 2.04 bits per heavy atom. The van der Waals surface area contributed by atoms with Crippen LogP contribution in [0.4, 0.5) is 0 Å². The summed E-state index contributed by atoms with van der Waals surface area (Å²) in [6.07, 6.45) is 4.39. The van der Waals surface area contributed by atoms with E-state index in [0.29, 0.717) is 12.3 Å². The Labute approximate surface area is 157 Å². The summed E-state index contributed by atoms with van der Waals surface area (Å²) in [6.45, 7) is 9.92. The Morgan fingerprint density at radius 2 is 1.58 bits per heavy atom. The third-order valence-electron chi connectivity index (χ3n) is 5.15. The fraction of sp³-hybridized carbons (Fsp3) is 0.850. The van der Waals surface area contributed by atoms with E-state index in [1.807, 2.05) is 27.7 Å². The van der Waals surface area contributed by atoms with Crippen molar-refractivity contribution in [2.75, 3.05) is 7.11 Å². The molecule has 0 aromatic heterocycles. The Bertz CT molecular complexity index is 482. The van der Waals surface area contributed by atoms with E-state index in [-0.39, 0.29) is 29.6 Å². The number of hydrogen-bond donors (Lipinski definition) is 2. The molecule has 0 spiro atoms. The zero-order valence-electron chi connectivity index (χ0n) is 17.1. The van der Waals surface area contributed by atoms with Crippen molar-refractivity contribution in [1.82, 2.24) is 10.6 Å². The number of rotatable bonds is 8. The molecule has 2 atom stereocenters. The molecule has 2 amide bonds. The molecule has 1 saturated carbocycles. The molecule has 6 heteroatoms. The van der Waals surface area contributed by atoms with E-state index in [4.69, 9.17) is 4.74 Å². The van der Waals surface area contributed by atoms with Gasteiger partial charge >= 0.3 is 5.97 Å². The monoisotopic (exact) mass is 368 g/mol. The molecule has 0 aromatic rings. The number of esters is 1. The van der Waals surface area contributed by atoms with E-state index in [2.05, 4.69) is 17.6 Å². The predicted molar refractivity (Wildman–Crippen MR) is 101 cm³/mol. The first-order chi connectivity index (χ1) is 12.1. The van der Waals surface area contributed by atoms with Gasteiger partial charge in [-0.05, 0) is 49.9 Å². The Hall–Kier alpha value is -1.59. The van der Waals surface area contributed by atoms with Gasteiger partial charge in [0, 0.05) is 5.92 Å². The topological polar surface area (TPSA) is 84.5 Å². The van der Waals surface area contributed by atoms with Gasteiger partial charge in [0.2, 0.25) is 11.8 Å². The Kier molecular flexibility index (Phi) is 9.09. The lowest BCUT2D eigenvalue weighted by atomic mass is 9.82. The summed E-state index contributed by atoms with van der Waals surface area (Å²) >= 11 is 0. The van der Waals surface area contributed by atoms with Gasteiger partial charge in [-0.25, -0.2) is 4.79 Å². The molecule has 1 fully saturated rings. The molecular formula is C20H36N2O4. The van der Waals surface area contributed by atoms with Gasteiger partial charge in [-0.15, -0.1) is 0 Å². The average Bonchev–Trinajstić information content (AvgIpc) is 2.58. The smallest absolute Gasteiger partial charge is 0.328 e. The SMILES string of the molecule is COC(=O)[C@@H](NC(=O)[C@H](CC(C)C)NC(=O)C1CCC(C)CC1)C(C)C. The fourth-order valence-corrected chi connectivity index (χ4v) is 3.39. The first-order valence-electron chi connectivity index (χ1n) is 9.84. The molecule has 1 aliphatic rings. The van der Waals surface area contributed by atoms with Gasteiger partial charge in [0.1, 0.15) is 12.1 Å². The van der Waals surface area contributed by atoms with Crippen molar-refractivity contribution in [3.8, 4) is 0 Å². The third-order valence-corrected chi connectivity index (χ3v) is 5.15. The maximum Gasteiger partial charge on any atom is 0.328 e. The first-order valence-corrected chi connectivity index (χ1v) is 9.84. The number of ether oxygens (including phenoxy) is 1. The highest BCUT2D eigenvalue weighted by molar-refractivity contribution is 5.91. The molecule has 2 N–H and O–H groups in total. The first kappa shape index (κ1) is 22.5. The van der Waals surface area contributed by atoms with Crippen LogP contribution in [0.5, 0.6) is 0 Å². The summed E-state index contributed by atoms with van der Waals surface area (Å²) in [6, 6.07) is -1.35. The second kappa shape index (κ2) is 10.5. The second-order valence-electron chi connectivity index (χ2n) is 8.40. The molecule has 150 valence electrons. The molecule has 6 nitrogen and oxygen atoms in total. The number of carbonyl (C=O) groups is 3. The van der Waals surface area contributed by atoms with Crippen molar-refractivity contribution in [2.45, 2.75) is 78.8 Å². The fourth-order valence-electron chi connectivity index (χ4n) is 3.39. The van der Waals surface area contributed by atoms with Crippen LogP contribution in [0.15, 0.2) is 0 Å². The van der Waals surface area contributed by atoms with E-state index in [1.165, 1.54) is 7.11 Å². The highest BCUT2D eigenvalue weighted by Gasteiger charge is 2.32. The number of nitrogens with one attached hydrogen (secondary N) is 2. The van der Waals surface area contributed by atoms with Crippen molar-refractivity contribution in [3.05, 3.63) is 0 Å². The van der Waals surface area contributed by atoms with E-state index >= 15 is 0 Å². The molecule has 26 heavy (non-hydrogen) atoms. The number of methoxy groups -OCH3 is 1.